The number of phenolic OH excluding ortho intramolecular Hbond substituents is 1. The van der Waals surface area contributed by atoms with Crippen LogP contribution in [0.3, 0.4) is 0 Å². The molecular formula is C15H16Na2O9. The van der Waals surface area contributed by atoms with E-state index in [2.05, 4.69) is 9.47 Å². The van der Waals surface area contributed by atoms with E-state index < -0.39 is 48.1 Å². The number of rotatable bonds is 5. The second-order valence-corrected chi connectivity index (χ2v) is 4.49. The zero-order valence-corrected chi connectivity index (χ0v) is 18.8. The summed E-state index contributed by atoms with van der Waals surface area (Å²) in [7, 11) is 0. The number of ether oxygens (including phenoxy) is 3. The first-order valence-electron chi connectivity index (χ1n) is 6.63. The van der Waals surface area contributed by atoms with Crippen LogP contribution < -0.4 is 59.1 Å². The molecule has 1 rings (SSSR count). The summed E-state index contributed by atoms with van der Waals surface area (Å²) >= 11 is 0. The number of phenols is 1. The number of carbonyl (C=O) groups excluding carboxylic acids is 5. The summed E-state index contributed by atoms with van der Waals surface area (Å²) < 4.78 is 13.3. The summed E-state index contributed by atoms with van der Waals surface area (Å²) in [5.74, 6) is -5.92. The van der Waals surface area contributed by atoms with Crippen molar-refractivity contribution in [3.8, 4) is 5.75 Å². The first-order chi connectivity index (χ1) is 11.2. The van der Waals surface area contributed by atoms with Crippen molar-refractivity contribution in [3.63, 3.8) is 0 Å². The Bertz CT molecular complexity index is 698. The molecular weight excluding hydrogens is 370 g/mol. The zero-order valence-electron chi connectivity index (χ0n) is 16.8. The van der Waals surface area contributed by atoms with Crippen LogP contribution in [0, 0.1) is 0 Å². The van der Waals surface area contributed by atoms with E-state index in [9.17, 15) is 29.1 Å². The average molecular weight is 386 g/mol. The Morgan fingerprint density at radius 3 is 2.04 bits per heavy atom. The van der Waals surface area contributed by atoms with Crippen molar-refractivity contribution in [2.45, 2.75) is 26.4 Å². The second kappa shape index (κ2) is 13.0. The zero-order chi connectivity index (χ0) is 18.3. The molecule has 0 radical (unpaired) electrons. The average Bonchev–Trinajstić information content (AvgIpc) is 2.45. The molecule has 1 aromatic rings. The van der Waals surface area contributed by atoms with Crippen LogP contribution in [0.2, 0.25) is 0 Å². The minimum atomic E-state index is -1.83. The predicted molar refractivity (Wildman–Crippen MR) is 77.7 cm³/mol. The van der Waals surface area contributed by atoms with Crippen molar-refractivity contribution >= 4 is 29.8 Å². The number of hydrogen-bond acceptors (Lipinski definition) is 9. The summed E-state index contributed by atoms with van der Waals surface area (Å²) in [5, 5.41) is 9.57. The third-order valence-electron chi connectivity index (χ3n) is 2.49. The minimum Gasteiger partial charge on any atom is -1.00 e. The summed E-state index contributed by atoms with van der Waals surface area (Å²) in [6.45, 7) is 1.91. The molecule has 0 saturated heterocycles. The van der Waals surface area contributed by atoms with E-state index in [4.69, 9.17) is 4.74 Å². The molecule has 0 aliphatic heterocycles. The quantitative estimate of drug-likeness (QED) is 0.228. The molecule has 0 bridgehead atoms. The van der Waals surface area contributed by atoms with Gasteiger partial charge in [0, 0.05) is 13.8 Å². The third kappa shape index (κ3) is 9.46. The Labute approximate surface area is 195 Å². The van der Waals surface area contributed by atoms with Gasteiger partial charge < -0.3 is 22.2 Å². The molecule has 0 heterocycles. The Morgan fingerprint density at radius 1 is 1.00 bits per heavy atom. The van der Waals surface area contributed by atoms with E-state index in [0.29, 0.717) is 0 Å². The molecule has 11 heteroatoms. The van der Waals surface area contributed by atoms with Crippen molar-refractivity contribution in [3.05, 3.63) is 29.8 Å². The van der Waals surface area contributed by atoms with Crippen LogP contribution in [-0.2, 0) is 33.4 Å². The first kappa shape index (κ1) is 27.0. The van der Waals surface area contributed by atoms with Gasteiger partial charge in [0.15, 0.2) is 0 Å². The van der Waals surface area contributed by atoms with Gasteiger partial charge in [-0.05, 0) is 12.1 Å². The Morgan fingerprint density at radius 2 is 1.54 bits per heavy atom. The molecule has 9 nitrogen and oxygen atoms in total. The van der Waals surface area contributed by atoms with Crippen LogP contribution >= 0.6 is 0 Å². The van der Waals surface area contributed by atoms with Gasteiger partial charge in [-0.15, -0.1) is 0 Å². The molecule has 1 aromatic carbocycles. The smallest absolute Gasteiger partial charge is 1.00 e. The standard InChI is InChI=1S/C15H14O9.2Na.2H/c1-8(16)22-13(19)7-12(15(21)23-9(2)17)24-14(20)10-5-3-4-6-11(10)18;;;;/h3-6,12,18H,7H2,1-2H3;;;;/q;2*+1;2*-1. The molecule has 1 atom stereocenters. The number of carbonyl (C=O) groups is 5. The van der Waals surface area contributed by atoms with Crippen molar-refractivity contribution in [1.29, 1.82) is 0 Å². The van der Waals surface area contributed by atoms with Crippen LogP contribution in [0.5, 0.6) is 5.75 Å². The van der Waals surface area contributed by atoms with Gasteiger partial charge in [0.25, 0.3) is 0 Å². The maximum absolute atomic E-state index is 12.0. The van der Waals surface area contributed by atoms with Gasteiger partial charge in [0.05, 0.1) is 6.42 Å². The number of esters is 5. The second-order valence-electron chi connectivity index (χ2n) is 4.49. The maximum Gasteiger partial charge on any atom is 1.00 e. The molecule has 1 unspecified atom stereocenters. The van der Waals surface area contributed by atoms with Gasteiger partial charge in [0.1, 0.15) is 11.3 Å². The molecule has 0 aliphatic rings. The molecule has 0 saturated carbocycles. The van der Waals surface area contributed by atoms with Gasteiger partial charge in [-0.2, -0.15) is 0 Å². The van der Waals surface area contributed by atoms with Crippen molar-refractivity contribution in [2.24, 2.45) is 0 Å². The fourth-order valence-electron chi connectivity index (χ4n) is 1.57. The Balaban J connectivity index is -0.000000720. The summed E-state index contributed by atoms with van der Waals surface area (Å²) in [6, 6.07) is 5.32. The van der Waals surface area contributed by atoms with Crippen LogP contribution in [0.15, 0.2) is 24.3 Å². The number of benzene rings is 1. The molecule has 0 fully saturated rings. The fourth-order valence-corrected chi connectivity index (χ4v) is 1.57. The van der Waals surface area contributed by atoms with Crippen LogP contribution in [0.25, 0.3) is 0 Å². The van der Waals surface area contributed by atoms with E-state index in [1.165, 1.54) is 24.3 Å². The van der Waals surface area contributed by atoms with Crippen LogP contribution in [0.4, 0.5) is 0 Å². The molecule has 132 valence electrons. The SMILES string of the molecule is CC(=O)OC(=O)CC(OC(=O)c1ccccc1O)C(=O)OC(C)=O.[H-].[H-].[Na+].[Na+]. The normalized spacial score (nSPS) is 10.2. The van der Waals surface area contributed by atoms with Crippen molar-refractivity contribution in [1.82, 2.24) is 0 Å². The Hall–Kier alpha value is -1.23. The van der Waals surface area contributed by atoms with E-state index in [1.807, 2.05) is 0 Å². The van der Waals surface area contributed by atoms with Gasteiger partial charge in [0.2, 0.25) is 6.10 Å². The predicted octanol–water partition coefficient (Wildman–Crippen LogP) is -5.28. The topological polar surface area (TPSA) is 133 Å². The van der Waals surface area contributed by atoms with Gasteiger partial charge >= 0.3 is 89.0 Å². The van der Waals surface area contributed by atoms with Gasteiger partial charge in [-0.1, -0.05) is 12.1 Å². The molecule has 26 heavy (non-hydrogen) atoms. The molecule has 0 spiro atoms. The summed E-state index contributed by atoms with van der Waals surface area (Å²) in [5.41, 5.74) is -0.266. The van der Waals surface area contributed by atoms with E-state index in [-0.39, 0.29) is 67.5 Å². The number of aromatic hydroxyl groups is 1. The van der Waals surface area contributed by atoms with E-state index in [0.717, 1.165) is 13.8 Å². The molecule has 1 N–H and O–H groups in total. The van der Waals surface area contributed by atoms with Gasteiger partial charge in [-0.3, -0.25) is 14.4 Å². The van der Waals surface area contributed by atoms with Crippen molar-refractivity contribution < 1.29 is 105 Å². The Kier molecular flexibility index (Phi) is 13.5. The number of hydrogen-bond donors (Lipinski definition) is 1. The van der Waals surface area contributed by atoms with Crippen molar-refractivity contribution in [2.75, 3.05) is 0 Å². The third-order valence-corrected chi connectivity index (χ3v) is 2.49. The summed E-state index contributed by atoms with van der Waals surface area (Å²) in [6.07, 6.45) is -2.67. The minimum absolute atomic E-state index is 0. The van der Waals surface area contributed by atoms with Crippen LogP contribution in [-0.4, -0.2) is 41.1 Å². The fraction of sp³-hybridized carbons (Fsp3) is 0.267. The van der Waals surface area contributed by atoms with Gasteiger partial charge in [-0.25, -0.2) is 9.59 Å². The van der Waals surface area contributed by atoms with Crippen LogP contribution in [0.1, 0.15) is 33.5 Å². The summed E-state index contributed by atoms with van der Waals surface area (Å²) in [4.78, 5) is 56.7. The molecule has 0 aliphatic carbocycles. The molecule has 0 aromatic heterocycles. The first-order valence-corrected chi connectivity index (χ1v) is 6.63. The largest absolute Gasteiger partial charge is 1.00 e. The monoisotopic (exact) mass is 386 g/mol. The van der Waals surface area contributed by atoms with E-state index in [1.54, 1.807) is 0 Å². The number of para-hydroxylation sites is 1. The van der Waals surface area contributed by atoms with E-state index >= 15 is 0 Å². The molecule has 0 amide bonds. The maximum atomic E-state index is 12.0.